The maximum Gasteiger partial charge on any atom is 0.255 e. The molecule has 0 aromatic carbocycles. The molecule has 2 atom stereocenters. The van der Waals surface area contributed by atoms with E-state index in [1.54, 1.807) is 34.9 Å². The van der Waals surface area contributed by atoms with Gasteiger partial charge in [-0.2, -0.15) is 0 Å². The van der Waals surface area contributed by atoms with Crippen molar-refractivity contribution in [1.82, 2.24) is 14.5 Å². The highest BCUT2D eigenvalue weighted by molar-refractivity contribution is 9.14. The molecule has 6 nitrogen and oxygen atoms in total. The Bertz CT molecular complexity index is 1360. The van der Waals surface area contributed by atoms with Gasteiger partial charge in [0.25, 0.3) is 5.91 Å². The Morgan fingerprint density at radius 3 is 2.83 bits per heavy atom. The Labute approximate surface area is 225 Å². The number of nitrogens with zero attached hydrogens (tertiary/aromatic N) is 4. The predicted molar refractivity (Wildman–Crippen MR) is 152 cm³/mol. The van der Waals surface area contributed by atoms with Gasteiger partial charge in [0.05, 0.1) is 31.4 Å². The number of aryl methyl sites for hydroxylation is 1. The van der Waals surface area contributed by atoms with Crippen molar-refractivity contribution in [2.75, 3.05) is 5.75 Å². The summed E-state index contributed by atoms with van der Waals surface area (Å²) in [6.45, 7) is 4.07. The number of hydrogen-bond acceptors (Lipinski definition) is 7. The van der Waals surface area contributed by atoms with Gasteiger partial charge >= 0.3 is 0 Å². The van der Waals surface area contributed by atoms with Gasteiger partial charge < -0.3 is 4.57 Å². The quantitative estimate of drug-likeness (QED) is 0.386. The van der Waals surface area contributed by atoms with Crippen molar-refractivity contribution < 1.29 is 9.59 Å². The molecule has 2 aliphatic heterocycles. The molecule has 5 rings (SSSR count). The summed E-state index contributed by atoms with van der Waals surface area (Å²) in [5.41, 5.74) is 3.48. The van der Waals surface area contributed by atoms with E-state index >= 15 is 0 Å². The maximum atomic E-state index is 13.8. The van der Waals surface area contributed by atoms with Crippen molar-refractivity contribution >= 4 is 84.1 Å². The van der Waals surface area contributed by atoms with Gasteiger partial charge in [0.15, 0.2) is 0 Å². The maximum absolute atomic E-state index is 13.8. The fourth-order valence-electron chi connectivity index (χ4n) is 4.62. The van der Waals surface area contributed by atoms with E-state index in [4.69, 9.17) is 9.98 Å². The molecule has 10 heteroatoms. The Hall–Kier alpha value is -1.88. The third-order valence-electron chi connectivity index (χ3n) is 6.32. The first-order valence-corrected chi connectivity index (χ1v) is 15.0. The molecular weight excluding hydrogens is 564 g/mol. The fourth-order valence-corrected chi connectivity index (χ4v) is 8.58. The molecule has 4 heterocycles. The van der Waals surface area contributed by atoms with E-state index < -0.39 is 0 Å². The van der Waals surface area contributed by atoms with Gasteiger partial charge in [-0.25, -0.2) is 4.98 Å². The zero-order valence-corrected chi connectivity index (χ0v) is 23.7. The first-order chi connectivity index (χ1) is 16.9. The number of halogens is 1. The summed E-state index contributed by atoms with van der Waals surface area (Å²) >= 11 is 8.50. The lowest BCUT2D eigenvalue weighted by molar-refractivity contribution is -0.124. The van der Waals surface area contributed by atoms with Gasteiger partial charge in [0.1, 0.15) is 22.8 Å². The molecule has 0 radical (unpaired) electrons. The van der Waals surface area contributed by atoms with Gasteiger partial charge in [0.2, 0.25) is 0 Å². The second-order valence-electron chi connectivity index (χ2n) is 8.59. The molecule has 3 aliphatic rings. The van der Waals surface area contributed by atoms with Crippen LogP contribution in [0.4, 0.5) is 0 Å². The molecule has 0 fully saturated rings. The number of hydrogen-bond donors (Lipinski definition) is 0. The Morgan fingerprint density at radius 1 is 1.23 bits per heavy atom. The van der Waals surface area contributed by atoms with Crippen molar-refractivity contribution in [2.24, 2.45) is 12.0 Å². The van der Waals surface area contributed by atoms with Crippen LogP contribution in [0.5, 0.6) is 0 Å². The van der Waals surface area contributed by atoms with Gasteiger partial charge in [-0.05, 0) is 72.1 Å². The second kappa shape index (κ2) is 10.2. The normalized spacial score (nSPS) is 30.5. The Balaban J connectivity index is 1.70. The number of thiophene rings is 1. The molecule has 35 heavy (non-hydrogen) atoms. The molecule has 2 aromatic heterocycles. The third kappa shape index (κ3) is 4.77. The first kappa shape index (κ1) is 24.8. The molecule has 1 amide bonds. The molecule has 2 aromatic rings. The molecular formula is C25H25BrN4O2S3. The van der Waals surface area contributed by atoms with Crippen molar-refractivity contribution in [3.63, 3.8) is 0 Å². The summed E-state index contributed by atoms with van der Waals surface area (Å²) in [4.78, 5) is 39.8. The van der Waals surface area contributed by atoms with Crippen LogP contribution in [-0.4, -0.2) is 49.6 Å². The highest BCUT2D eigenvalue weighted by atomic mass is 79.9. The number of aldehydes is 1. The van der Waals surface area contributed by atoms with Gasteiger partial charge in [-0.1, -0.05) is 23.9 Å². The number of aromatic nitrogens is 2. The number of allylic oxidation sites excluding steroid dienone is 4. The third-order valence-corrected chi connectivity index (χ3v) is 9.87. The van der Waals surface area contributed by atoms with E-state index in [0.717, 1.165) is 48.2 Å². The highest BCUT2D eigenvalue weighted by Crippen LogP contribution is 2.41. The number of carbonyl (C=O) groups is 2. The number of carbonyl (C=O) groups excluding carboxylic acids is 2. The number of amidine groups is 1. The predicted octanol–water partition coefficient (Wildman–Crippen LogP) is 6.27. The lowest BCUT2D eigenvalue weighted by Crippen LogP contribution is -2.45. The van der Waals surface area contributed by atoms with Crippen LogP contribution >= 0.6 is 50.8 Å². The number of thioether (sulfide) groups is 2. The molecule has 0 N–H and O–H groups in total. The number of rotatable bonds is 2. The lowest BCUT2D eigenvalue weighted by Gasteiger charge is -2.33. The van der Waals surface area contributed by atoms with Crippen LogP contribution in [0.15, 0.2) is 55.2 Å². The lowest BCUT2D eigenvalue weighted by atomic mass is 9.93. The molecule has 1 aliphatic carbocycles. The van der Waals surface area contributed by atoms with Gasteiger partial charge in [-0.3, -0.25) is 19.5 Å². The minimum Gasteiger partial charge on any atom is -0.326 e. The molecule has 0 saturated heterocycles. The van der Waals surface area contributed by atoms with Crippen LogP contribution in [0.25, 0.3) is 15.3 Å². The number of amides is 1. The molecule has 0 spiro atoms. The SMILES string of the molecule is CC1/N=C2/CS/C(c3nc4sccc4n3C)=C3\CC/C(=C\CC=C3C=O)C(=O)N2C(C)/C=C(/Br)S1. The summed E-state index contributed by atoms with van der Waals surface area (Å²) in [6.07, 6.45) is 8.62. The van der Waals surface area contributed by atoms with Crippen LogP contribution in [-0.2, 0) is 16.6 Å². The molecule has 2 unspecified atom stereocenters. The van der Waals surface area contributed by atoms with Crippen LogP contribution in [0, 0.1) is 0 Å². The van der Waals surface area contributed by atoms with Crippen molar-refractivity contribution in [1.29, 1.82) is 0 Å². The Kier molecular flexibility index (Phi) is 7.25. The number of imidazole rings is 1. The second-order valence-corrected chi connectivity index (χ2v) is 13.2. The number of aliphatic imine (C=N–C) groups is 1. The van der Waals surface area contributed by atoms with Crippen LogP contribution in [0.1, 0.15) is 38.9 Å². The average molecular weight is 590 g/mol. The molecule has 0 saturated carbocycles. The monoisotopic (exact) mass is 588 g/mol. The summed E-state index contributed by atoms with van der Waals surface area (Å²) < 4.78 is 3.09. The minimum atomic E-state index is -0.145. The zero-order chi connectivity index (χ0) is 24.7. The van der Waals surface area contributed by atoms with Gasteiger partial charge in [-0.15, -0.1) is 23.1 Å². The Morgan fingerprint density at radius 2 is 2.06 bits per heavy atom. The average Bonchev–Trinajstić information content (AvgIpc) is 3.37. The van der Waals surface area contributed by atoms with E-state index in [9.17, 15) is 9.59 Å². The fraction of sp³-hybridized carbons (Fsp3) is 0.360. The van der Waals surface area contributed by atoms with E-state index in [-0.39, 0.29) is 17.3 Å². The van der Waals surface area contributed by atoms with Crippen LogP contribution in [0.3, 0.4) is 0 Å². The molecule has 2 bridgehead atoms. The summed E-state index contributed by atoms with van der Waals surface area (Å²) in [5, 5.41) is 2.00. The van der Waals surface area contributed by atoms with Crippen molar-refractivity contribution in [2.45, 2.75) is 44.5 Å². The minimum absolute atomic E-state index is 0.00393. The van der Waals surface area contributed by atoms with Crippen LogP contribution < -0.4 is 0 Å². The van der Waals surface area contributed by atoms with Gasteiger partial charge in [0, 0.05) is 18.2 Å². The van der Waals surface area contributed by atoms with Crippen LogP contribution in [0.2, 0.25) is 0 Å². The topological polar surface area (TPSA) is 67.6 Å². The first-order valence-electron chi connectivity index (χ1n) is 11.4. The molecule has 182 valence electrons. The van der Waals surface area contributed by atoms with E-state index in [1.165, 1.54) is 0 Å². The smallest absolute Gasteiger partial charge is 0.255 e. The van der Waals surface area contributed by atoms with E-state index in [0.29, 0.717) is 30.6 Å². The van der Waals surface area contributed by atoms with E-state index in [1.807, 2.05) is 43.3 Å². The standard InChI is InChI=1S/C25H25BrN4O2S3/c1-14-11-20(26)35-15(2)27-21-13-34-22(23-28-24-19(29(23)3)9-10-33-24)18-8-7-16(25(32)30(14)21)5-4-6-17(18)12-31/h5-6,9-12,14-15H,4,7-8,13H2,1-3H3/b16-5+,17-6?,20-11-,22-18+,27-21-. The zero-order valence-electron chi connectivity index (χ0n) is 19.7. The summed E-state index contributed by atoms with van der Waals surface area (Å²) in [6, 6.07) is 1.93. The van der Waals surface area contributed by atoms with Crippen molar-refractivity contribution in [3.05, 3.63) is 56.0 Å². The summed E-state index contributed by atoms with van der Waals surface area (Å²) in [5.74, 6) is 2.11. The van der Waals surface area contributed by atoms with E-state index in [2.05, 4.69) is 32.6 Å². The largest absolute Gasteiger partial charge is 0.326 e. The number of fused-ring (bicyclic) bond motifs is 5. The highest BCUT2D eigenvalue weighted by Gasteiger charge is 2.32. The summed E-state index contributed by atoms with van der Waals surface area (Å²) in [7, 11) is 2.02. The van der Waals surface area contributed by atoms with Crippen molar-refractivity contribution in [3.8, 4) is 0 Å².